The molecule has 0 bridgehead atoms. The summed E-state index contributed by atoms with van der Waals surface area (Å²) >= 11 is 9.36. The molecule has 0 radical (unpaired) electrons. The van der Waals surface area contributed by atoms with E-state index in [9.17, 15) is 4.79 Å². The number of halogens is 2. The third kappa shape index (κ3) is 3.06. The van der Waals surface area contributed by atoms with E-state index in [0.717, 1.165) is 20.9 Å². The number of carbonyl (C=O) groups is 1. The fourth-order valence-electron chi connectivity index (χ4n) is 2.05. The number of carbonyl (C=O) groups excluding carboxylic acids is 1. The van der Waals surface area contributed by atoms with Gasteiger partial charge in [0, 0.05) is 16.4 Å². The van der Waals surface area contributed by atoms with Crippen molar-refractivity contribution in [3.8, 4) is 0 Å². The van der Waals surface area contributed by atoms with E-state index < -0.39 is 0 Å². The second-order valence-electron chi connectivity index (χ2n) is 4.50. The first kappa shape index (κ1) is 14.0. The molecule has 1 heterocycles. The number of hydrogen-bond donors (Lipinski definition) is 1. The maximum Gasteiger partial charge on any atom is 0.258 e. The second-order valence-corrected chi connectivity index (χ2v) is 5.78. The van der Waals surface area contributed by atoms with E-state index in [1.54, 1.807) is 18.3 Å². The number of pyridine rings is 1. The molecule has 0 aliphatic heterocycles. The van der Waals surface area contributed by atoms with Crippen LogP contribution in [0.4, 0.5) is 5.69 Å². The van der Waals surface area contributed by atoms with Crippen LogP contribution in [0.25, 0.3) is 10.8 Å². The van der Waals surface area contributed by atoms with Gasteiger partial charge in [-0.05, 0) is 47.2 Å². The van der Waals surface area contributed by atoms with Crippen LogP contribution in [-0.4, -0.2) is 10.9 Å². The fourth-order valence-corrected chi connectivity index (χ4v) is 2.63. The van der Waals surface area contributed by atoms with Crippen molar-refractivity contribution < 1.29 is 4.79 Å². The molecule has 5 heteroatoms. The van der Waals surface area contributed by atoms with Gasteiger partial charge in [0.25, 0.3) is 5.91 Å². The van der Waals surface area contributed by atoms with Crippen LogP contribution in [0.15, 0.2) is 59.2 Å². The van der Waals surface area contributed by atoms with Crippen LogP contribution < -0.4 is 5.32 Å². The Morgan fingerprint density at radius 1 is 1.10 bits per heavy atom. The molecule has 0 aliphatic rings. The van der Waals surface area contributed by atoms with Gasteiger partial charge in [-0.25, -0.2) is 4.98 Å². The van der Waals surface area contributed by atoms with Crippen molar-refractivity contribution >= 4 is 49.9 Å². The monoisotopic (exact) mass is 360 g/mol. The summed E-state index contributed by atoms with van der Waals surface area (Å²) < 4.78 is 1.02. The van der Waals surface area contributed by atoms with Crippen LogP contribution in [0.2, 0.25) is 5.15 Å². The zero-order chi connectivity index (χ0) is 14.8. The van der Waals surface area contributed by atoms with Gasteiger partial charge < -0.3 is 5.32 Å². The molecule has 0 unspecified atom stereocenters. The van der Waals surface area contributed by atoms with E-state index in [1.807, 2.05) is 36.4 Å². The van der Waals surface area contributed by atoms with Crippen LogP contribution in [0, 0.1) is 0 Å². The largest absolute Gasteiger partial charge is 0.322 e. The standard InChI is InChI=1S/C16H10BrClN2O/c17-12-5-3-11-9-13(6-4-10(11)8-12)20-16(21)14-2-1-7-19-15(14)18/h1-9H,(H,20,21). The Labute approximate surface area is 135 Å². The lowest BCUT2D eigenvalue weighted by Gasteiger charge is -2.07. The molecule has 1 N–H and O–H groups in total. The van der Waals surface area contributed by atoms with E-state index >= 15 is 0 Å². The highest BCUT2D eigenvalue weighted by atomic mass is 79.9. The minimum Gasteiger partial charge on any atom is -0.322 e. The van der Waals surface area contributed by atoms with E-state index in [-0.39, 0.29) is 11.1 Å². The number of hydrogen-bond acceptors (Lipinski definition) is 2. The number of fused-ring (bicyclic) bond motifs is 1. The first-order valence-corrected chi connectivity index (χ1v) is 7.42. The first-order valence-electron chi connectivity index (χ1n) is 6.25. The van der Waals surface area contributed by atoms with Gasteiger partial charge >= 0.3 is 0 Å². The zero-order valence-corrected chi connectivity index (χ0v) is 13.1. The number of anilines is 1. The van der Waals surface area contributed by atoms with E-state index in [1.165, 1.54) is 0 Å². The van der Waals surface area contributed by atoms with Gasteiger partial charge in [0.15, 0.2) is 0 Å². The van der Waals surface area contributed by atoms with E-state index in [0.29, 0.717) is 5.56 Å². The molecule has 0 spiro atoms. The van der Waals surface area contributed by atoms with Crippen molar-refractivity contribution in [1.29, 1.82) is 0 Å². The van der Waals surface area contributed by atoms with Crippen LogP contribution in [-0.2, 0) is 0 Å². The lowest BCUT2D eigenvalue weighted by atomic mass is 10.1. The lowest BCUT2D eigenvalue weighted by Crippen LogP contribution is -2.12. The van der Waals surface area contributed by atoms with Crippen molar-refractivity contribution in [1.82, 2.24) is 4.98 Å². The predicted molar refractivity (Wildman–Crippen MR) is 88.8 cm³/mol. The highest BCUT2D eigenvalue weighted by Crippen LogP contribution is 2.23. The quantitative estimate of drug-likeness (QED) is 0.659. The number of aromatic nitrogens is 1. The summed E-state index contributed by atoms with van der Waals surface area (Å²) in [6.07, 6.45) is 1.55. The highest BCUT2D eigenvalue weighted by molar-refractivity contribution is 9.10. The first-order chi connectivity index (χ1) is 10.1. The minimum absolute atomic E-state index is 0.194. The van der Waals surface area contributed by atoms with Gasteiger partial charge in [0.2, 0.25) is 0 Å². The summed E-state index contributed by atoms with van der Waals surface area (Å²) in [5.41, 5.74) is 1.07. The summed E-state index contributed by atoms with van der Waals surface area (Å²) in [5.74, 6) is -0.274. The van der Waals surface area contributed by atoms with Crippen LogP contribution >= 0.6 is 27.5 Å². The third-order valence-corrected chi connectivity index (χ3v) is 3.86. The van der Waals surface area contributed by atoms with Gasteiger partial charge in [0.1, 0.15) is 5.15 Å². The molecule has 1 amide bonds. The molecule has 3 aromatic rings. The summed E-state index contributed by atoms with van der Waals surface area (Å²) in [6.45, 7) is 0. The topological polar surface area (TPSA) is 42.0 Å². The molecule has 104 valence electrons. The Balaban J connectivity index is 1.90. The molecule has 2 aromatic carbocycles. The van der Waals surface area contributed by atoms with Gasteiger partial charge in [-0.2, -0.15) is 0 Å². The zero-order valence-electron chi connectivity index (χ0n) is 10.8. The molecule has 0 atom stereocenters. The van der Waals surface area contributed by atoms with Crippen LogP contribution in [0.1, 0.15) is 10.4 Å². The Bertz CT molecular complexity index is 835. The van der Waals surface area contributed by atoms with Crippen molar-refractivity contribution in [2.24, 2.45) is 0 Å². The average molecular weight is 362 g/mol. The smallest absolute Gasteiger partial charge is 0.258 e. The summed E-state index contributed by atoms with van der Waals surface area (Å²) in [4.78, 5) is 16.1. The Hall–Kier alpha value is -1.91. The molecule has 3 rings (SSSR count). The van der Waals surface area contributed by atoms with Crippen LogP contribution in [0.5, 0.6) is 0 Å². The Kier molecular flexibility index (Phi) is 3.90. The number of benzene rings is 2. The molecular weight excluding hydrogens is 352 g/mol. The summed E-state index contributed by atoms with van der Waals surface area (Å²) in [6, 6.07) is 15.0. The van der Waals surface area contributed by atoms with E-state index in [4.69, 9.17) is 11.6 Å². The Morgan fingerprint density at radius 3 is 2.67 bits per heavy atom. The maximum atomic E-state index is 12.2. The molecule has 1 aromatic heterocycles. The molecule has 0 aliphatic carbocycles. The minimum atomic E-state index is -0.274. The second kappa shape index (κ2) is 5.84. The van der Waals surface area contributed by atoms with Gasteiger partial charge in [-0.1, -0.05) is 39.7 Å². The third-order valence-electron chi connectivity index (χ3n) is 3.06. The normalized spacial score (nSPS) is 10.6. The van der Waals surface area contributed by atoms with Crippen LogP contribution in [0.3, 0.4) is 0 Å². The summed E-state index contributed by atoms with van der Waals surface area (Å²) in [7, 11) is 0. The van der Waals surface area contributed by atoms with Crippen molar-refractivity contribution in [3.63, 3.8) is 0 Å². The fraction of sp³-hybridized carbons (Fsp3) is 0. The number of nitrogens with zero attached hydrogens (tertiary/aromatic N) is 1. The molecular formula is C16H10BrClN2O. The van der Waals surface area contributed by atoms with Crippen molar-refractivity contribution in [3.05, 3.63) is 69.9 Å². The average Bonchev–Trinajstić information content (AvgIpc) is 2.48. The predicted octanol–water partition coefficient (Wildman–Crippen LogP) is 4.90. The molecule has 0 saturated heterocycles. The number of amides is 1. The van der Waals surface area contributed by atoms with Gasteiger partial charge in [-0.15, -0.1) is 0 Å². The number of nitrogens with one attached hydrogen (secondary N) is 1. The van der Waals surface area contributed by atoms with Crippen molar-refractivity contribution in [2.45, 2.75) is 0 Å². The molecule has 3 nitrogen and oxygen atoms in total. The maximum absolute atomic E-state index is 12.2. The number of rotatable bonds is 2. The molecule has 21 heavy (non-hydrogen) atoms. The van der Waals surface area contributed by atoms with E-state index in [2.05, 4.69) is 26.2 Å². The summed E-state index contributed by atoms with van der Waals surface area (Å²) in [5, 5.41) is 5.17. The SMILES string of the molecule is O=C(Nc1ccc2cc(Br)ccc2c1)c1cccnc1Cl. The molecule has 0 saturated carbocycles. The van der Waals surface area contributed by atoms with Gasteiger partial charge in [-0.3, -0.25) is 4.79 Å². The Morgan fingerprint density at radius 2 is 1.86 bits per heavy atom. The molecule has 0 fully saturated rings. The highest BCUT2D eigenvalue weighted by Gasteiger charge is 2.11. The van der Waals surface area contributed by atoms with Gasteiger partial charge in [0.05, 0.1) is 5.56 Å². The van der Waals surface area contributed by atoms with Crippen molar-refractivity contribution in [2.75, 3.05) is 5.32 Å². The lowest BCUT2D eigenvalue weighted by molar-refractivity contribution is 0.102.